The lowest BCUT2D eigenvalue weighted by Gasteiger charge is -2.36. The Morgan fingerprint density at radius 2 is 1.67 bits per heavy atom. The van der Waals surface area contributed by atoms with Gasteiger partial charge >= 0.3 is 0 Å². The molecule has 0 atom stereocenters. The summed E-state index contributed by atoms with van der Waals surface area (Å²) in [6.07, 6.45) is 0. The van der Waals surface area contributed by atoms with Crippen LogP contribution in [0.3, 0.4) is 0 Å². The Kier molecular flexibility index (Phi) is 4.74. The SMILES string of the molecule is CC(C)(C)[Si](C)(C)OCCNc1cccc2ccccc12. The number of anilines is 1. The van der Waals surface area contributed by atoms with E-state index in [0.29, 0.717) is 0 Å². The quantitative estimate of drug-likeness (QED) is 0.600. The van der Waals surface area contributed by atoms with E-state index in [1.54, 1.807) is 0 Å². The Morgan fingerprint density at radius 3 is 2.38 bits per heavy atom. The van der Waals surface area contributed by atoms with Crippen molar-refractivity contribution in [1.29, 1.82) is 0 Å². The maximum Gasteiger partial charge on any atom is 0.192 e. The molecule has 2 aromatic carbocycles. The van der Waals surface area contributed by atoms with E-state index in [1.165, 1.54) is 16.5 Å². The molecule has 0 amide bonds. The van der Waals surface area contributed by atoms with Gasteiger partial charge in [0.1, 0.15) is 0 Å². The van der Waals surface area contributed by atoms with Gasteiger partial charge in [0.25, 0.3) is 0 Å². The standard InChI is InChI=1S/C18H27NOSi/c1-18(2,3)21(4,5)20-14-13-19-17-12-8-10-15-9-6-7-11-16(15)17/h6-12,19H,13-14H2,1-5H3. The molecular formula is C18H27NOSi. The molecule has 0 radical (unpaired) electrons. The topological polar surface area (TPSA) is 21.3 Å². The molecule has 2 rings (SSSR count). The minimum absolute atomic E-state index is 0.270. The van der Waals surface area contributed by atoms with Crippen LogP contribution < -0.4 is 5.32 Å². The van der Waals surface area contributed by atoms with Crippen LogP contribution in [0.2, 0.25) is 18.1 Å². The number of fused-ring (bicyclic) bond motifs is 1. The Bertz CT molecular complexity index is 596. The summed E-state index contributed by atoms with van der Waals surface area (Å²) in [4.78, 5) is 0. The zero-order chi connectivity index (χ0) is 15.5. The third-order valence-corrected chi connectivity index (χ3v) is 9.01. The molecule has 21 heavy (non-hydrogen) atoms. The number of rotatable bonds is 5. The molecule has 0 aliphatic rings. The molecule has 0 unspecified atom stereocenters. The second kappa shape index (κ2) is 6.20. The summed E-state index contributed by atoms with van der Waals surface area (Å²) < 4.78 is 6.20. The second-order valence-electron chi connectivity index (χ2n) is 7.06. The van der Waals surface area contributed by atoms with E-state index in [4.69, 9.17) is 4.43 Å². The van der Waals surface area contributed by atoms with Crippen molar-refractivity contribution in [3.8, 4) is 0 Å². The minimum Gasteiger partial charge on any atom is -0.415 e. The highest BCUT2D eigenvalue weighted by Crippen LogP contribution is 2.36. The lowest BCUT2D eigenvalue weighted by atomic mass is 10.1. The molecule has 0 aliphatic heterocycles. The van der Waals surface area contributed by atoms with Crippen LogP contribution in [0.4, 0.5) is 5.69 Å². The van der Waals surface area contributed by atoms with E-state index in [0.717, 1.165) is 13.2 Å². The number of benzene rings is 2. The van der Waals surface area contributed by atoms with Crippen LogP contribution in [0, 0.1) is 0 Å². The molecule has 0 saturated carbocycles. The van der Waals surface area contributed by atoms with Gasteiger partial charge in [-0.05, 0) is 29.6 Å². The molecule has 0 aromatic heterocycles. The summed E-state index contributed by atoms with van der Waals surface area (Å²) in [5.74, 6) is 0. The predicted molar refractivity (Wildman–Crippen MR) is 95.6 cm³/mol. The zero-order valence-corrected chi connectivity index (χ0v) is 14.9. The molecule has 3 heteroatoms. The van der Waals surface area contributed by atoms with Gasteiger partial charge in [0.05, 0.1) is 6.61 Å². The van der Waals surface area contributed by atoms with Crippen LogP contribution in [-0.2, 0) is 4.43 Å². The first-order valence-electron chi connectivity index (χ1n) is 7.67. The Balaban J connectivity index is 1.95. The summed E-state index contributed by atoms with van der Waals surface area (Å²) in [5.41, 5.74) is 1.19. The molecule has 2 nitrogen and oxygen atoms in total. The fourth-order valence-corrected chi connectivity index (χ4v) is 3.13. The lowest BCUT2D eigenvalue weighted by molar-refractivity contribution is 0.301. The van der Waals surface area contributed by atoms with Gasteiger partial charge < -0.3 is 9.74 Å². The molecule has 1 N–H and O–H groups in total. The molecule has 0 spiro atoms. The van der Waals surface area contributed by atoms with Crippen molar-refractivity contribution >= 4 is 24.8 Å². The normalized spacial score (nSPS) is 12.6. The van der Waals surface area contributed by atoms with Gasteiger partial charge in [-0.2, -0.15) is 0 Å². The van der Waals surface area contributed by atoms with Gasteiger partial charge in [0.2, 0.25) is 0 Å². The minimum atomic E-state index is -1.64. The van der Waals surface area contributed by atoms with E-state index in [1.807, 2.05) is 0 Å². The summed E-state index contributed by atoms with van der Waals surface area (Å²) in [7, 11) is -1.64. The third kappa shape index (κ3) is 3.86. The maximum absolute atomic E-state index is 6.20. The van der Waals surface area contributed by atoms with E-state index < -0.39 is 8.32 Å². The summed E-state index contributed by atoms with van der Waals surface area (Å²) in [6, 6.07) is 14.8. The monoisotopic (exact) mass is 301 g/mol. The first kappa shape index (κ1) is 16.1. The number of nitrogens with one attached hydrogen (secondary N) is 1. The molecular weight excluding hydrogens is 274 g/mol. The largest absolute Gasteiger partial charge is 0.415 e. The fraction of sp³-hybridized carbons (Fsp3) is 0.444. The first-order chi connectivity index (χ1) is 9.81. The molecule has 0 aliphatic carbocycles. The van der Waals surface area contributed by atoms with Crippen LogP contribution in [0.25, 0.3) is 10.8 Å². The molecule has 0 heterocycles. The average Bonchev–Trinajstić information content (AvgIpc) is 2.42. The average molecular weight is 302 g/mol. The van der Waals surface area contributed by atoms with E-state index in [9.17, 15) is 0 Å². The summed E-state index contributed by atoms with van der Waals surface area (Å²) in [6.45, 7) is 13.0. The third-order valence-electron chi connectivity index (χ3n) is 4.48. The van der Waals surface area contributed by atoms with Crippen molar-refractivity contribution in [1.82, 2.24) is 0 Å². The Labute approximate surface area is 129 Å². The summed E-state index contributed by atoms with van der Waals surface area (Å²) in [5, 5.41) is 6.32. The van der Waals surface area contributed by atoms with Crippen molar-refractivity contribution in [2.75, 3.05) is 18.5 Å². The highest BCUT2D eigenvalue weighted by atomic mass is 28.4. The van der Waals surface area contributed by atoms with Crippen molar-refractivity contribution < 1.29 is 4.43 Å². The smallest absolute Gasteiger partial charge is 0.192 e. The second-order valence-corrected chi connectivity index (χ2v) is 11.9. The van der Waals surface area contributed by atoms with Crippen molar-refractivity contribution in [2.45, 2.75) is 38.9 Å². The molecule has 0 bridgehead atoms. The van der Waals surface area contributed by atoms with Crippen LogP contribution in [0.5, 0.6) is 0 Å². The van der Waals surface area contributed by atoms with Crippen molar-refractivity contribution in [2.24, 2.45) is 0 Å². The van der Waals surface area contributed by atoms with E-state index >= 15 is 0 Å². The number of hydrogen-bond acceptors (Lipinski definition) is 2. The molecule has 0 fully saturated rings. The van der Waals surface area contributed by atoms with Gasteiger partial charge in [0, 0.05) is 17.6 Å². The number of hydrogen-bond donors (Lipinski definition) is 1. The van der Waals surface area contributed by atoms with Gasteiger partial charge in [-0.25, -0.2) is 0 Å². The van der Waals surface area contributed by atoms with Gasteiger partial charge in [0.15, 0.2) is 8.32 Å². The van der Waals surface area contributed by atoms with Crippen LogP contribution >= 0.6 is 0 Å². The maximum atomic E-state index is 6.20. The van der Waals surface area contributed by atoms with E-state index in [-0.39, 0.29) is 5.04 Å². The van der Waals surface area contributed by atoms with Gasteiger partial charge in [-0.3, -0.25) is 0 Å². The van der Waals surface area contributed by atoms with Gasteiger partial charge in [-0.1, -0.05) is 57.2 Å². The lowest BCUT2D eigenvalue weighted by Crippen LogP contribution is -2.41. The van der Waals surface area contributed by atoms with Gasteiger partial charge in [-0.15, -0.1) is 0 Å². The highest BCUT2D eigenvalue weighted by Gasteiger charge is 2.36. The highest BCUT2D eigenvalue weighted by molar-refractivity contribution is 6.74. The van der Waals surface area contributed by atoms with Crippen molar-refractivity contribution in [3.05, 3.63) is 42.5 Å². The predicted octanol–water partition coefficient (Wildman–Crippen LogP) is 5.27. The molecule has 0 saturated heterocycles. The zero-order valence-electron chi connectivity index (χ0n) is 13.9. The van der Waals surface area contributed by atoms with Crippen LogP contribution in [0.1, 0.15) is 20.8 Å². The van der Waals surface area contributed by atoms with Crippen LogP contribution in [-0.4, -0.2) is 21.5 Å². The first-order valence-corrected chi connectivity index (χ1v) is 10.6. The van der Waals surface area contributed by atoms with E-state index in [2.05, 4.69) is 81.6 Å². The van der Waals surface area contributed by atoms with Crippen LogP contribution in [0.15, 0.2) is 42.5 Å². The van der Waals surface area contributed by atoms with Crippen molar-refractivity contribution in [3.63, 3.8) is 0 Å². The molecule has 2 aromatic rings. The Hall–Kier alpha value is -1.32. The summed E-state index contributed by atoms with van der Waals surface area (Å²) >= 11 is 0. The fourth-order valence-electron chi connectivity index (χ4n) is 2.09. The molecule has 114 valence electrons. The Morgan fingerprint density at radius 1 is 1.00 bits per heavy atom.